The number of fused-ring (bicyclic) bond motifs is 1. The molecule has 0 fully saturated rings. The number of nitrogen functional groups attached to an aromatic ring is 1. The molecule has 0 amide bonds. The van der Waals surface area contributed by atoms with Crippen molar-refractivity contribution < 1.29 is 27.4 Å². The Morgan fingerprint density at radius 2 is 1.61 bits per heavy atom. The molecule has 0 radical (unpaired) electrons. The topological polar surface area (TPSA) is 66.6 Å². The second-order valence-electron chi connectivity index (χ2n) is 5.90. The first-order valence-corrected chi connectivity index (χ1v) is 8.25. The molecule has 3 aromatic rings. The summed E-state index contributed by atoms with van der Waals surface area (Å²) in [5.74, 6) is 2.40. The number of alkyl halides is 3. The third-order valence-electron chi connectivity index (χ3n) is 3.57. The fourth-order valence-corrected chi connectivity index (χ4v) is 2.47. The Hall–Kier alpha value is -3.16. The largest absolute Gasteiger partial charge is 0.493 e. The van der Waals surface area contributed by atoms with Crippen molar-refractivity contribution in [2.75, 3.05) is 20.0 Å². The maximum atomic E-state index is 10.4. The number of anilines is 1. The number of pyridine rings is 1. The zero-order chi connectivity index (χ0) is 20.9. The molecule has 3 rings (SSSR count). The van der Waals surface area contributed by atoms with E-state index in [2.05, 4.69) is 4.98 Å². The molecule has 2 N–H and O–H groups in total. The second-order valence-corrected chi connectivity index (χ2v) is 5.90. The van der Waals surface area contributed by atoms with E-state index in [4.69, 9.17) is 19.9 Å². The van der Waals surface area contributed by atoms with Crippen LogP contribution in [0.2, 0.25) is 0 Å². The summed E-state index contributed by atoms with van der Waals surface area (Å²) in [5.41, 5.74) is 8.14. The molecule has 0 aliphatic carbocycles. The number of nitrogens with zero attached hydrogens (tertiary/aromatic N) is 1. The van der Waals surface area contributed by atoms with Gasteiger partial charge >= 0.3 is 6.18 Å². The molecule has 150 valence electrons. The van der Waals surface area contributed by atoms with Crippen LogP contribution in [0.3, 0.4) is 0 Å². The maximum Gasteiger partial charge on any atom is 0.386 e. The Labute approximate surface area is 160 Å². The minimum absolute atomic E-state index is 0.188. The molecular weight excluding hydrogens is 373 g/mol. The van der Waals surface area contributed by atoms with Crippen molar-refractivity contribution >= 4 is 16.6 Å². The smallest absolute Gasteiger partial charge is 0.386 e. The molecule has 0 aliphatic rings. The summed E-state index contributed by atoms with van der Waals surface area (Å²) in [4.78, 5) is 4.49. The second kappa shape index (κ2) is 8.69. The number of benzene rings is 2. The van der Waals surface area contributed by atoms with Gasteiger partial charge in [-0.3, -0.25) is 0 Å². The number of hydrogen-bond donors (Lipinski definition) is 1. The van der Waals surface area contributed by atoms with E-state index < -0.39 is 6.18 Å². The first kappa shape index (κ1) is 21.1. The summed E-state index contributed by atoms with van der Waals surface area (Å²) in [6, 6.07) is 13.2. The lowest BCUT2D eigenvalue weighted by Crippen LogP contribution is -1.99. The summed E-state index contributed by atoms with van der Waals surface area (Å²) < 4.78 is 47.8. The molecule has 2 aromatic carbocycles. The maximum absolute atomic E-state index is 10.4. The van der Waals surface area contributed by atoms with E-state index in [9.17, 15) is 13.2 Å². The monoisotopic (exact) mass is 394 g/mol. The van der Waals surface area contributed by atoms with Gasteiger partial charge in [0.05, 0.1) is 19.9 Å². The molecule has 5 nitrogen and oxygen atoms in total. The first-order valence-electron chi connectivity index (χ1n) is 8.25. The van der Waals surface area contributed by atoms with Gasteiger partial charge in [0.1, 0.15) is 11.3 Å². The van der Waals surface area contributed by atoms with E-state index in [1.54, 1.807) is 20.3 Å². The Kier molecular flexibility index (Phi) is 6.56. The minimum Gasteiger partial charge on any atom is -0.493 e. The molecule has 1 aromatic heterocycles. The number of para-hydroxylation sites is 1. The highest BCUT2D eigenvalue weighted by molar-refractivity contribution is 5.97. The predicted molar refractivity (Wildman–Crippen MR) is 102 cm³/mol. The van der Waals surface area contributed by atoms with E-state index in [1.165, 1.54) is 0 Å². The average Bonchev–Trinajstić information content (AvgIpc) is 2.63. The van der Waals surface area contributed by atoms with Crippen molar-refractivity contribution in [3.63, 3.8) is 0 Å². The van der Waals surface area contributed by atoms with Crippen LogP contribution in [0.5, 0.6) is 23.1 Å². The Bertz CT molecular complexity index is 939. The highest BCUT2D eigenvalue weighted by Gasteiger charge is 2.17. The van der Waals surface area contributed by atoms with Crippen molar-refractivity contribution in [3.05, 3.63) is 48.0 Å². The van der Waals surface area contributed by atoms with E-state index in [1.807, 2.05) is 43.3 Å². The van der Waals surface area contributed by atoms with Crippen LogP contribution < -0.4 is 19.9 Å². The summed E-state index contributed by atoms with van der Waals surface area (Å²) in [6.07, 6.45) is -4.00. The first-order chi connectivity index (χ1) is 13.1. The van der Waals surface area contributed by atoms with Crippen LogP contribution in [0.15, 0.2) is 42.5 Å². The number of hydrogen-bond acceptors (Lipinski definition) is 5. The van der Waals surface area contributed by atoms with Crippen LogP contribution in [0, 0.1) is 6.92 Å². The van der Waals surface area contributed by atoms with Gasteiger partial charge in [-0.1, -0.05) is 18.2 Å². The molecule has 0 aliphatic heterocycles. The predicted octanol–water partition coefficient (Wildman–Crippen LogP) is 5.50. The standard InChI is InChI=1S/C18H18N2O3.C2H3F3/c1-11-9-13-16(20-18(11)22-3)14(19)10-15(21-2)17(13)23-12-7-5-4-6-8-12;1-2(3,4)5/h4-10H,19H2,1-3H3;1H3. The average molecular weight is 394 g/mol. The number of halogens is 3. The highest BCUT2D eigenvalue weighted by Crippen LogP contribution is 2.42. The van der Waals surface area contributed by atoms with Crippen molar-refractivity contribution in [2.24, 2.45) is 0 Å². The lowest BCUT2D eigenvalue weighted by molar-refractivity contribution is -0.110. The number of aromatic nitrogens is 1. The zero-order valence-corrected chi connectivity index (χ0v) is 15.9. The fourth-order valence-electron chi connectivity index (χ4n) is 2.47. The van der Waals surface area contributed by atoms with E-state index in [0.717, 1.165) is 10.9 Å². The van der Waals surface area contributed by atoms with Crippen LogP contribution in [0.4, 0.5) is 18.9 Å². The van der Waals surface area contributed by atoms with E-state index >= 15 is 0 Å². The van der Waals surface area contributed by atoms with E-state index in [0.29, 0.717) is 34.3 Å². The molecule has 0 saturated carbocycles. The normalized spacial score (nSPS) is 10.8. The lowest BCUT2D eigenvalue weighted by Gasteiger charge is -2.16. The summed E-state index contributed by atoms with van der Waals surface area (Å²) >= 11 is 0. The van der Waals surface area contributed by atoms with Gasteiger partial charge in [-0.05, 0) is 25.1 Å². The van der Waals surface area contributed by atoms with Crippen LogP contribution in [-0.2, 0) is 0 Å². The van der Waals surface area contributed by atoms with Crippen LogP contribution in [0.1, 0.15) is 12.5 Å². The zero-order valence-electron chi connectivity index (χ0n) is 15.9. The Balaban J connectivity index is 0.000000500. The molecule has 1 heterocycles. The SMILES string of the molecule is CC(F)(F)F.COc1cc(N)c2nc(OC)c(C)cc2c1Oc1ccccc1. The van der Waals surface area contributed by atoms with E-state index in [-0.39, 0.29) is 6.92 Å². The summed E-state index contributed by atoms with van der Waals surface area (Å²) in [5, 5.41) is 0.781. The van der Waals surface area contributed by atoms with Gasteiger partial charge in [-0.25, -0.2) is 4.98 Å². The number of aryl methyl sites for hydroxylation is 1. The molecular formula is C20H21F3N2O3. The quantitative estimate of drug-likeness (QED) is 0.592. The molecule has 0 saturated heterocycles. The molecule has 0 bridgehead atoms. The lowest BCUT2D eigenvalue weighted by atomic mass is 10.1. The van der Waals surface area contributed by atoms with Gasteiger partial charge in [0.2, 0.25) is 5.88 Å². The molecule has 0 spiro atoms. The summed E-state index contributed by atoms with van der Waals surface area (Å²) in [7, 11) is 3.17. The third-order valence-corrected chi connectivity index (χ3v) is 3.57. The van der Waals surface area contributed by atoms with Gasteiger partial charge in [0, 0.05) is 23.9 Å². The molecule has 8 heteroatoms. The number of methoxy groups -OCH3 is 2. The summed E-state index contributed by atoms with van der Waals surface area (Å²) in [6.45, 7) is 2.11. The van der Waals surface area contributed by atoms with Crippen molar-refractivity contribution in [1.29, 1.82) is 0 Å². The molecule has 28 heavy (non-hydrogen) atoms. The van der Waals surface area contributed by atoms with Gasteiger partial charge in [0.25, 0.3) is 0 Å². The van der Waals surface area contributed by atoms with Crippen molar-refractivity contribution in [2.45, 2.75) is 20.0 Å². The third kappa shape index (κ3) is 5.42. The number of rotatable bonds is 4. The number of nitrogens with two attached hydrogens (primary N) is 1. The van der Waals surface area contributed by atoms with Crippen LogP contribution in [0.25, 0.3) is 10.9 Å². The Morgan fingerprint density at radius 3 is 2.14 bits per heavy atom. The Morgan fingerprint density at radius 1 is 1.00 bits per heavy atom. The fraction of sp³-hybridized carbons (Fsp3) is 0.250. The van der Waals surface area contributed by atoms with Crippen molar-refractivity contribution in [3.8, 4) is 23.1 Å². The van der Waals surface area contributed by atoms with Gasteiger partial charge in [-0.2, -0.15) is 13.2 Å². The molecule has 0 unspecified atom stereocenters. The van der Waals surface area contributed by atoms with Crippen molar-refractivity contribution in [1.82, 2.24) is 4.98 Å². The van der Waals surface area contributed by atoms with Crippen LogP contribution in [-0.4, -0.2) is 25.4 Å². The van der Waals surface area contributed by atoms with Gasteiger partial charge < -0.3 is 19.9 Å². The number of ether oxygens (including phenoxy) is 3. The van der Waals surface area contributed by atoms with Gasteiger partial charge in [0.15, 0.2) is 11.5 Å². The van der Waals surface area contributed by atoms with Crippen LogP contribution >= 0.6 is 0 Å². The minimum atomic E-state index is -4.00. The van der Waals surface area contributed by atoms with Gasteiger partial charge in [-0.15, -0.1) is 0 Å². The molecule has 0 atom stereocenters. The highest BCUT2D eigenvalue weighted by atomic mass is 19.4.